The lowest BCUT2D eigenvalue weighted by atomic mass is 10.1. The second-order valence-electron chi connectivity index (χ2n) is 4.87. The van der Waals surface area contributed by atoms with Crippen molar-refractivity contribution < 1.29 is 29.4 Å². The Labute approximate surface area is 129 Å². The van der Waals surface area contributed by atoms with Gasteiger partial charge in [0.05, 0.1) is 27.9 Å². The molecule has 0 atom stereocenters. The summed E-state index contributed by atoms with van der Waals surface area (Å²) in [5, 5.41) is 18.2. The molecule has 0 saturated carbocycles. The number of anilines is 1. The third-order valence-electron chi connectivity index (χ3n) is 3.46. The molecule has 1 heterocycles. The lowest BCUT2D eigenvalue weighted by Gasteiger charge is -2.15. The average Bonchev–Trinajstić information content (AvgIpc) is 2.79. The Bertz CT molecular complexity index is 819. The van der Waals surface area contributed by atoms with E-state index in [1.165, 1.54) is 12.1 Å². The number of rotatable bonds is 3. The maximum Gasteiger partial charge on any atom is 0.335 e. The van der Waals surface area contributed by atoms with Gasteiger partial charge in [-0.15, -0.1) is 0 Å². The van der Waals surface area contributed by atoms with E-state index in [9.17, 15) is 19.2 Å². The molecule has 23 heavy (non-hydrogen) atoms. The van der Waals surface area contributed by atoms with Crippen molar-refractivity contribution >= 4 is 29.4 Å². The number of amides is 2. The molecule has 7 nitrogen and oxygen atoms in total. The fourth-order valence-electron chi connectivity index (χ4n) is 2.41. The van der Waals surface area contributed by atoms with Crippen LogP contribution in [0.5, 0.6) is 0 Å². The molecule has 2 aromatic rings. The van der Waals surface area contributed by atoms with Gasteiger partial charge in [0.2, 0.25) is 0 Å². The molecule has 0 aromatic heterocycles. The van der Waals surface area contributed by atoms with Crippen LogP contribution in [0, 0.1) is 0 Å². The molecule has 0 saturated heterocycles. The first-order chi connectivity index (χ1) is 10.9. The summed E-state index contributed by atoms with van der Waals surface area (Å²) in [7, 11) is 0. The Morgan fingerprint density at radius 3 is 1.61 bits per heavy atom. The monoisotopic (exact) mass is 311 g/mol. The molecular weight excluding hydrogens is 302 g/mol. The van der Waals surface area contributed by atoms with E-state index in [-0.39, 0.29) is 27.9 Å². The zero-order chi connectivity index (χ0) is 16.7. The summed E-state index contributed by atoms with van der Waals surface area (Å²) in [5.41, 5.74) is -0.355. The maximum atomic E-state index is 12.4. The highest BCUT2D eigenvalue weighted by atomic mass is 16.4. The van der Waals surface area contributed by atoms with Crippen LogP contribution in [0.2, 0.25) is 0 Å². The van der Waals surface area contributed by atoms with E-state index >= 15 is 0 Å². The number of hydrogen-bond acceptors (Lipinski definition) is 4. The Hall–Kier alpha value is -3.48. The highest BCUT2D eigenvalue weighted by molar-refractivity contribution is 6.34. The zero-order valence-corrected chi connectivity index (χ0v) is 11.5. The largest absolute Gasteiger partial charge is 0.478 e. The van der Waals surface area contributed by atoms with Crippen LogP contribution in [-0.2, 0) is 0 Å². The van der Waals surface area contributed by atoms with Gasteiger partial charge in [-0.2, -0.15) is 0 Å². The van der Waals surface area contributed by atoms with Gasteiger partial charge in [0, 0.05) is 0 Å². The van der Waals surface area contributed by atoms with Crippen LogP contribution in [-0.4, -0.2) is 34.0 Å². The van der Waals surface area contributed by atoms with Gasteiger partial charge in [-0.3, -0.25) is 9.59 Å². The molecular formula is C16H9NO6. The van der Waals surface area contributed by atoms with Gasteiger partial charge in [0.15, 0.2) is 0 Å². The molecule has 0 bridgehead atoms. The van der Waals surface area contributed by atoms with Gasteiger partial charge in [-0.25, -0.2) is 14.5 Å². The summed E-state index contributed by atoms with van der Waals surface area (Å²) >= 11 is 0. The molecule has 7 heteroatoms. The predicted octanol–water partition coefficient (Wildman–Crippen LogP) is 1.88. The van der Waals surface area contributed by atoms with E-state index in [0.29, 0.717) is 0 Å². The lowest BCUT2D eigenvalue weighted by Crippen LogP contribution is -2.29. The first-order valence-corrected chi connectivity index (χ1v) is 6.49. The van der Waals surface area contributed by atoms with Crippen LogP contribution in [0.3, 0.4) is 0 Å². The maximum absolute atomic E-state index is 12.4. The number of benzene rings is 2. The minimum absolute atomic E-state index is 0.0894. The minimum atomic E-state index is -1.36. The molecule has 0 unspecified atom stereocenters. The third-order valence-corrected chi connectivity index (χ3v) is 3.46. The summed E-state index contributed by atoms with van der Waals surface area (Å²) in [6.45, 7) is 0. The van der Waals surface area contributed by atoms with Crippen molar-refractivity contribution in [1.82, 2.24) is 0 Å². The zero-order valence-electron chi connectivity index (χ0n) is 11.5. The highest BCUT2D eigenvalue weighted by Gasteiger charge is 2.36. The number of hydrogen-bond donors (Lipinski definition) is 2. The number of carbonyl (C=O) groups is 4. The lowest BCUT2D eigenvalue weighted by molar-refractivity contribution is 0.0695. The molecule has 0 fully saturated rings. The Balaban J connectivity index is 2.16. The van der Waals surface area contributed by atoms with E-state index in [2.05, 4.69) is 0 Å². The van der Waals surface area contributed by atoms with Gasteiger partial charge >= 0.3 is 11.9 Å². The van der Waals surface area contributed by atoms with Gasteiger partial charge in [0.1, 0.15) is 0 Å². The Kier molecular flexibility index (Phi) is 3.18. The quantitative estimate of drug-likeness (QED) is 0.837. The standard InChI is InChI=1S/C16H9NO6/c18-13-11-3-1-2-4-12(11)14(19)17(13)10-6-8(15(20)21)5-9(7-10)16(22)23/h1-7H,(H,20,21)(H,22,23). The van der Waals surface area contributed by atoms with Crippen molar-refractivity contribution in [2.24, 2.45) is 0 Å². The normalized spacial score (nSPS) is 13.1. The van der Waals surface area contributed by atoms with E-state index < -0.39 is 23.8 Å². The van der Waals surface area contributed by atoms with Crippen LogP contribution in [0.1, 0.15) is 41.4 Å². The fourth-order valence-corrected chi connectivity index (χ4v) is 2.41. The molecule has 1 aliphatic heterocycles. The van der Waals surface area contributed by atoms with Crippen molar-refractivity contribution in [2.75, 3.05) is 4.90 Å². The molecule has 1 aliphatic rings. The van der Waals surface area contributed by atoms with Crippen molar-refractivity contribution in [3.63, 3.8) is 0 Å². The van der Waals surface area contributed by atoms with Crippen molar-refractivity contribution in [3.8, 4) is 0 Å². The fraction of sp³-hybridized carbons (Fsp3) is 0. The molecule has 114 valence electrons. The van der Waals surface area contributed by atoms with Gasteiger partial charge in [-0.1, -0.05) is 12.1 Å². The van der Waals surface area contributed by atoms with Crippen molar-refractivity contribution in [1.29, 1.82) is 0 Å². The molecule has 2 aromatic carbocycles. The first-order valence-electron chi connectivity index (χ1n) is 6.49. The van der Waals surface area contributed by atoms with E-state index in [4.69, 9.17) is 10.2 Å². The molecule has 2 amide bonds. The predicted molar refractivity (Wildman–Crippen MR) is 77.9 cm³/mol. The number of aromatic carboxylic acids is 2. The van der Waals surface area contributed by atoms with Crippen LogP contribution in [0.25, 0.3) is 0 Å². The third kappa shape index (κ3) is 2.24. The highest BCUT2D eigenvalue weighted by Crippen LogP contribution is 2.29. The molecule has 0 spiro atoms. The molecule has 0 radical (unpaired) electrons. The summed E-state index contributed by atoms with van der Waals surface area (Å²) in [6.07, 6.45) is 0. The van der Waals surface area contributed by atoms with Gasteiger partial charge < -0.3 is 10.2 Å². The number of carboxylic acids is 2. The summed E-state index contributed by atoms with van der Waals surface area (Å²) in [4.78, 5) is 47.8. The molecule has 3 rings (SSSR count). The minimum Gasteiger partial charge on any atom is -0.478 e. The summed E-state index contributed by atoms with van der Waals surface area (Å²) in [6, 6.07) is 9.32. The van der Waals surface area contributed by atoms with Crippen molar-refractivity contribution in [3.05, 3.63) is 64.7 Å². The van der Waals surface area contributed by atoms with E-state index in [0.717, 1.165) is 23.1 Å². The number of carboxylic acid groups (broad SMARTS) is 2. The topological polar surface area (TPSA) is 112 Å². The SMILES string of the molecule is O=C(O)c1cc(C(=O)O)cc(N2C(=O)c3ccccc3C2=O)c1. The number of nitrogens with zero attached hydrogens (tertiary/aromatic N) is 1. The van der Waals surface area contributed by atoms with E-state index in [1.807, 2.05) is 0 Å². The first kappa shape index (κ1) is 14.5. The summed E-state index contributed by atoms with van der Waals surface area (Å²) in [5.74, 6) is -3.95. The molecule has 0 aliphatic carbocycles. The molecule has 2 N–H and O–H groups in total. The Morgan fingerprint density at radius 2 is 1.22 bits per heavy atom. The number of fused-ring (bicyclic) bond motifs is 1. The van der Waals surface area contributed by atoms with Crippen LogP contribution in [0.4, 0.5) is 5.69 Å². The van der Waals surface area contributed by atoms with Crippen molar-refractivity contribution in [2.45, 2.75) is 0 Å². The summed E-state index contributed by atoms with van der Waals surface area (Å²) < 4.78 is 0. The second-order valence-corrected chi connectivity index (χ2v) is 4.87. The van der Waals surface area contributed by atoms with Gasteiger partial charge in [0.25, 0.3) is 11.8 Å². The average molecular weight is 311 g/mol. The Morgan fingerprint density at radius 1 is 0.783 bits per heavy atom. The van der Waals surface area contributed by atoms with Crippen LogP contribution < -0.4 is 4.90 Å². The van der Waals surface area contributed by atoms with Crippen LogP contribution >= 0.6 is 0 Å². The second kappa shape index (κ2) is 5.06. The van der Waals surface area contributed by atoms with Crippen LogP contribution in [0.15, 0.2) is 42.5 Å². The number of carbonyl (C=O) groups excluding carboxylic acids is 2. The van der Waals surface area contributed by atoms with Gasteiger partial charge in [-0.05, 0) is 30.3 Å². The smallest absolute Gasteiger partial charge is 0.335 e. The number of imide groups is 1. The van der Waals surface area contributed by atoms with E-state index in [1.54, 1.807) is 12.1 Å².